The van der Waals surface area contributed by atoms with Crippen LogP contribution in [0.2, 0.25) is 0 Å². The van der Waals surface area contributed by atoms with E-state index in [0.29, 0.717) is 35.2 Å². The average molecular weight is 1010 g/mol. The van der Waals surface area contributed by atoms with Crippen molar-refractivity contribution in [3.8, 4) is 67.8 Å². The lowest BCUT2D eigenvalue weighted by atomic mass is 9.93. The van der Waals surface area contributed by atoms with Gasteiger partial charge in [-0.1, -0.05) is 211 Å². The van der Waals surface area contributed by atoms with Crippen LogP contribution >= 0.6 is 0 Å². The Morgan fingerprint density at radius 2 is 0.641 bits per heavy atom. The zero-order valence-electron chi connectivity index (χ0n) is 44.5. The Morgan fingerprint density at radius 3 is 1.13 bits per heavy atom. The lowest BCUT2D eigenvalue weighted by Gasteiger charge is -2.32. The first-order valence-corrected chi connectivity index (χ1v) is 26.4. The fraction of sp³-hybridized carbons (Fsp3) is 0.0857. The maximum Gasteiger partial charge on any atom is 0.241 e. The van der Waals surface area contributed by atoms with E-state index in [1.54, 1.807) is 0 Å². The van der Waals surface area contributed by atoms with Gasteiger partial charge in [0.15, 0.2) is 23.3 Å². The van der Waals surface area contributed by atoms with Gasteiger partial charge in [-0.05, 0) is 122 Å². The molecule has 0 aliphatic carbocycles. The minimum absolute atomic E-state index is 0.335. The lowest BCUT2D eigenvalue weighted by Crippen LogP contribution is -2.19. The van der Waals surface area contributed by atoms with E-state index in [0.717, 1.165) is 78.0 Å². The van der Waals surface area contributed by atoms with Gasteiger partial charge in [-0.25, -0.2) is 14.9 Å². The number of nitrogens with zero attached hydrogens (tertiary/aromatic N) is 8. The van der Waals surface area contributed by atoms with Crippen molar-refractivity contribution in [1.29, 1.82) is 0 Å². The van der Waals surface area contributed by atoms with Crippen molar-refractivity contribution in [2.75, 3.05) is 9.80 Å². The highest BCUT2D eigenvalue weighted by atomic mass is 15.4. The molecule has 2 heterocycles. The van der Waals surface area contributed by atoms with Crippen molar-refractivity contribution in [3.05, 3.63) is 264 Å². The van der Waals surface area contributed by atoms with Crippen molar-refractivity contribution >= 4 is 45.4 Å². The SMILES string of the molecule is Cc1cc(C)c(N(c2ccc(N(c3nc(-c4ccccc4)nc(-c4ccc(-c5ccccc5)cc4)n3)c3nc(-c4ccccc4)nc(-c4ccc5ccccc5c4-c4ccccc4)n3)cc2)c2c(C)cc(C)cc2C)c(C)c1. The van der Waals surface area contributed by atoms with Crippen LogP contribution in [-0.4, -0.2) is 29.9 Å². The van der Waals surface area contributed by atoms with Gasteiger partial charge in [-0.15, -0.1) is 0 Å². The predicted octanol–water partition coefficient (Wildman–Crippen LogP) is 18.0. The minimum atomic E-state index is 0.335. The van der Waals surface area contributed by atoms with Crippen LogP contribution in [0.5, 0.6) is 0 Å². The molecule has 12 rings (SSSR count). The summed E-state index contributed by atoms with van der Waals surface area (Å²) in [5, 5.41) is 2.20. The number of hydrogen-bond donors (Lipinski definition) is 0. The van der Waals surface area contributed by atoms with E-state index in [9.17, 15) is 0 Å². The van der Waals surface area contributed by atoms with E-state index in [1.807, 2.05) is 77.7 Å². The van der Waals surface area contributed by atoms with E-state index in [2.05, 4.69) is 204 Å². The topological polar surface area (TPSA) is 83.8 Å². The number of fused-ring (bicyclic) bond motifs is 1. The van der Waals surface area contributed by atoms with Gasteiger partial charge in [0.1, 0.15) is 0 Å². The van der Waals surface area contributed by atoms with Crippen LogP contribution in [0.4, 0.5) is 34.6 Å². The zero-order chi connectivity index (χ0) is 53.3. The summed E-state index contributed by atoms with van der Waals surface area (Å²) in [7, 11) is 0. The van der Waals surface area contributed by atoms with Crippen LogP contribution in [0.25, 0.3) is 78.6 Å². The molecule has 0 aliphatic rings. The molecule has 0 unspecified atom stereocenters. The van der Waals surface area contributed by atoms with E-state index in [1.165, 1.54) is 33.4 Å². The van der Waals surface area contributed by atoms with Crippen LogP contribution in [0.3, 0.4) is 0 Å². The van der Waals surface area contributed by atoms with Crippen molar-refractivity contribution in [2.45, 2.75) is 41.5 Å². The van der Waals surface area contributed by atoms with Crippen LogP contribution in [0.15, 0.2) is 231 Å². The number of hydrogen-bond acceptors (Lipinski definition) is 8. The van der Waals surface area contributed by atoms with Gasteiger partial charge < -0.3 is 4.90 Å². The molecule has 2 aromatic heterocycles. The van der Waals surface area contributed by atoms with Crippen LogP contribution in [0, 0.1) is 41.5 Å². The Morgan fingerprint density at radius 1 is 0.282 bits per heavy atom. The zero-order valence-corrected chi connectivity index (χ0v) is 44.5. The number of aryl methyl sites for hydroxylation is 6. The van der Waals surface area contributed by atoms with Crippen molar-refractivity contribution < 1.29 is 0 Å². The molecule has 376 valence electrons. The van der Waals surface area contributed by atoms with Gasteiger partial charge >= 0.3 is 0 Å². The molecule has 78 heavy (non-hydrogen) atoms. The predicted molar refractivity (Wildman–Crippen MR) is 321 cm³/mol. The van der Waals surface area contributed by atoms with Gasteiger partial charge in [0.25, 0.3) is 0 Å². The lowest BCUT2D eigenvalue weighted by molar-refractivity contribution is 0.964. The maximum atomic E-state index is 5.53. The Balaban J connectivity index is 1.12. The first-order chi connectivity index (χ1) is 38.1. The van der Waals surface area contributed by atoms with E-state index in [-0.39, 0.29) is 0 Å². The van der Waals surface area contributed by atoms with E-state index < -0.39 is 0 Å². The molecule has 0 atom stereocenters. The molecule has 0 bridgehead atoms. The van der Waals surface area contributed by atoms with Gasteiger partial charge in [0.05, 0.1) is 17.1 Å². The second-order valence-electron chi connectivity index (χ2n) is 20.0. The maximum absolute atomic E-state index is 5.53. The summed E-state index contributed by atoms with van der Waals surface area (Å²) in [4.78, 5) is 36.6. The standard InChI is InChI=1S/C70H56N8/c1-45-41-47(3)63(48(4)42-45)77(64-49(5)43-46(2)44-50(64)6)58-36-38-59(39-37-58)78(69-73-65(55-26-15-9-16-27-55)71-67(75-69)57-33-31-52(32-34-57)51-21-11-7-12-22-51)70-74-66(56-28-17-10-18-29-56)72-68(76-70)61-40-35-53-23-19-20-30-60(53)62(61)54-24-13-8-14-25-54/h7-44H,1-6H3. The molecule has 8 heteroatoms. The van der Waals surface area contributed by atoms with Gasteiger partial charge in [0, 0.05) is 33.5 Å². The molecule has 0 saturated heterocycles. The van der Waals surface area contributed by atoms with Crippen LogP contribution < -0.4 is 9.80 Å². The van der Waals surface area contributed by atoms with Crippen molar-refractivity contribution in [1.82, 2.24) is 29.9 Å². The summed E-state index contributed by atoms with van der Waals surface area (Å²) in [6, 6.07) is 79.8. The van der Waals surface area contributed by atoms with E-state index >= 15 is 0 Å². The first kappa shape index (κ1) is 49.0. The molecule has 12 aromatic rings. The Kier molecular flexibility index (Phi) is 13.2. The third-order valence-corrected chi connectivity index (χ3v) is 14.3. The fourth-order valence-corrected chi connectivity index (χ4v) is 10.9. The smallest absolute Gasteiger partial charge is 0.241 e. The molecule has 0 amide bonds. The molecule has 0 fully saturated rings. The second kappa shape index (κ2) is 21.0. The van der Waals surface area contributed by atoms with Crippen LogP contribution in [0.1, 0.15) is 33.4 Å². The molecule has 0 radical (unpaired) electrons. The van der Waals surface area contributed by atoms with Gasteiger partial charge in [-0.3, -0.25) is 0 Å². The van der Waals surface area contributed by atoms with Gasteiger partial charge in [0.2, 0.25) is 11.9 Å². The molecule has 0 spiro atoms. The number of benzene rings is 10. The Labute approximate surface area is 456 Å². The van der Waals surface area contributed by atoms with Crippen molar-refractivity contribution in [2.24, 2.45) is 0 Å². The summed E-state index contributed by atoms with van der Waals surface area (Å²) < 4.78 is 0. The highest BCUT2D eigenvalue weighted by molar-refractivity contribution is 6.03. The largest absolute Gasteiger partial charge is 0.309 e. The molecule has 0 aliphatic heterocycles. The molecular formula is C70H56N8. The van der Waals surface area contributed by atoms with E-state index in [4.69, 9.17) is 29.9 Å². The Bertz CT molecular complexity index is 4030. The summed E-state index contributed by atoms with van der Waals surface area (Å²) in [5.41, 5.74) is 18.9. The number of anilines is 6. The highest BCUT2D eigenvalue weighted by Crippen LogP contribution is 2.45. The van der Waals surface area contributed by atoms with Crippen LogP contribution in [-0.2, 0) is 0 Å². The summed E-state index contributed by atoms with van der Waals surface area (Å²) in [6.45, 7) is 13.1. The summed E-state index contributed by atoms with van der Waals surface area (Å²) >= 11 is 0. The molecule has 10 aromatic carbocycles. The highest BCUT2D eigenvalue weighted by Gasteiger charge is 2.27. The normalized spacial score (nSPS) is 11.2. The quantitative estimate of drug-likeness (QED) is 0.120. The number of rotatable bonds is 12. The molecular weight excluding hydrogens is 953 g/mol. The second-order valence-corrected chi connectivity index (χ2v) is 20.0. The third kappa shape index (κ3) is 9.68. The molecule has 0 N–H and O–H groups in total. The summed E-state index contributed by atoms with van der Waals surface area (Å²) in [6.07, 6.45) is 0. The molecule has 0 saturated carbocycles. The Hall–Kier alpha value is -9.92. The minimum Gasteiger partial charge on any atom is -0.309 e. The van der Waals surface area contributed by atoms with Gasteiger partial charge in [-0.2, -0.15) is 19.9 Å². The third-order valence-electron chi connectivity index (χ3n) is 14.3. The fourth-order valence-electron chi connectivity index (χ4n) is 10.9. The molecule has 8 nitrogen and oxygen atoms in total. The van der Waals surface area contributed by atoms with Crippen molar-refractivity contribution in [3.63, 3.8) is 0 Å². The monoisotopic (exact) mass is 1010 g/mol. The number of aromatic nitrogens is 6. The average Bonchev–Trinajstić information content (AvgIpc) is 3.63. The first-order valence-electron chi connectivity index (χ1n) is 26.4. The summed E-state index contributed by atoms with van der Waals surface area (Å²) in [5.74, 6) is 2.68.